The molecule has 4 nitrogen and oxygen atoms in total. The summed E-state index contributed by atoms with van der Waals surface area (Å²) >= 11 is 0. The first-order chi connectivity index (χ1) is 11.1. The number of methoxy groups -OCH3 is 1. The van der Waals surface area contributed by atoms with Crippen LogP contribution >= 0.6 is 0 Å². The van der Waals surface area contributed by atoms with Gasteiger partial charge in [0.05, 0.1) is 7.11 Å². The van der Waals surface area contributed by atoms with Gasteiger partial charge in [0.25, 0.3) is 0 Å². The van der Waals surface area contributed by atoms with Crippen molar-refractivity contribution in [1.29, 1.82) is 0 Å². The first-order valence-corrected chi connectivity index (χ1v) is 7.83. The van der Waals surface area contributed by atoms with Crippen molar-refractivity contribution >= 4 is 5.91 Å². The molecule has 0 fully saturated rings. The zero-order valence-electron chi connectivity index (χ0n) is 13.7. The molecule has 23 heavy (non-hydrogen) atoms. The van der Waals surface area contributed by atoms with E-state index >= 15 is 0 Å². The molecule has 2 aromatic rings. The number of carbonyl (C=O) groups is 1. The summed E-state index contributed by atoms with van der Waals surface area (Å²) in [6.07, 6.45) is 1.78. The predicted molar refractivity (Wildman–Crippen MR) is 92.4 cm³/mol. The average Bonchev–Trinajstić information content (AvgIpc) is 2.59. The van der Waals surface area contributed by atoms with Gasteiger partial charge in [0, 0.05) is 6.54 Å². The lowest BCUT2D eigenvalue weighted by Crippen LogP contribution is -2.34. The summed E-state index contributed by atoms with van der Waals surface area (Å²) in [6, 6.07) is 15.1. The zero-order chi connectivity index (χ0) is 16.7. The van der Waals surface area contributed by atoms with Crippen LogP contribution in [0, 0.1) is 6.92 Å². The number of amides is 1. The molecule has 0 aliphatic heterocycles. The van der Waals surface area contributed by atoms with Gasteiger partial charge < -0.3 is 15.8 Å². The monoisotopic (exact) mass is 312 g/mol. The maximum absolute atomic E-state index is 12.1. The fourth-order valence-electron chi connectivity index (χ4n) is 2.33. The van der Waals surface area contributed by atoms with Crippen LogP contribution in [0.3, 0.4) is 0 Å². The van der Waals surface area contributed by atoms with E-state index in [-0.39, 0.29) is 5.91 Å². The Labute approximate surface area is 137 Å². The maximum Gasteiger partial charge on any atom is 0.241 e. The van der Waals surface area contributed by atoms with Crippen molar-refractivity contribution in [3.63, 3.8) is 0 Å². The Balaban J connectivity index is 1.74. The van der Waals surface area contributed by atoms with Crippen LogP contribution in [0.2, 0.25) is 0 Å². The minimum absolute atomic E-state index is 0.136. The summed E-state index contributed by atoms with van der Waals surface area (Å²) in [5.41, 5.74) is 9.20. The first-order valence-electron chi connectivity index (χ1n) is 7.83. The molecule has 3 N–H and O–H groups in total. The molecule has 0 aliphatic carbocycles. The molecule has 0 heterocycles. The van der Waals surface area contributed by atoms with E-state index in [2.05, 4.69) is 5.32 Å². The molecular formula is C19H24N2O2. The number of carbonyl (C=O) groups excluding carboxylic acids is 1. The third-order valence-corrected chi connectivity index (χ3v) is 3.82. The highest BCUT2D eigenvalue weighted by Crippen LogP contribution is 2.13. The van der Waals surface area contributed by atoms with Gasteiger partial charge in [0.15, 0.2) is 0 Å². The minimum atomic E-state index is -0.614. The quantitative estimate of drug-likeness (QED) is 0.773. The fraction of sp³-hybridized carbons (Fsp3) is 0.316. The Kier molecular flexibility index (Phi) is 6.18. The molecule has 2 aromatic carbocycles. The third kappa shape index (κ3) is 5.11. The normalized spacial score (nSPS) is 11.8. The molecule has 1 atom stereocenters. The van der Waals surface area contributed by atoms with Crippen LogP contribution in [0.15, 0.2) is 48.5 Å². The SMILES string of the molecule is COc1ccc(CCCNC(=O)C(N)c2ccc(C)cc2)cc1. The number of ether oxygens (including phenoxy) is 1. The highest BCUT2D eigenvalue weighted by atomic mass is 16.5. The van der Waals surface area contributed by atoms with Crippen LogP contribution < -0.4 is 15.8 Å². The molecule has 0 spiro atoms. The molecular weight excluding hydrogens is 288 g/mol. The van der Waals surface area contributed by atoms with Gasteiger partial charge in [0.2, 0.25) is 5.91 Å². The standard InChI is InChI=1S/C19H24N2O2/c1-14-5-9-16(10-6-14)18(20)19(22)21-13-3-4-15-7-11-17(23-2)12-8-15/h5-12,18H,3-4,13,20H2,1-2H3,(H,21,22). The number of nitrogens with one attached hydrogen (secondary N) is 1. The molecule has 0 saturated heterocycles. The minimum Gasteiger partial charge on any atom is -0.497 e. The number of benzene rings is 2. The molecule has 0 saturated carbocycles. The average molecular weight is 312 g/mol. The number of aryl methyl sites for hydroxylation is 2. The van der Waals surface area contributed by atoms with Crippen LogP contribution in [0.4, 0.5) is 0 Å². The predicted octanol–water partition coefficient (Wildman–Crippen LogP) is 2.75. The van der Waals surface area contributed by atoms with E-state index < -0.39 is 6.04 Å². The van der Waals surface area contributed by atoms with Crippen molar-refractivity contribution in [2.24, 2.45) is 5.73 Å². The van der Waals surface area contributed by atoms with E-state index in [1.54, 1.807) is 7.11 Å². The Morgan fingerprint density at radius 1 is 1.13 bits per heavy atom. The van der Waals surface area contributed by atoms with Crippen molar-refractivity contribution in [2.75, 3.05) is 13.7 Å². The Bertz CT molecular complexity index is 621. The Morgan fingerprint density at radius 3 is 2.39 bits per heavy atom. The van der Waals surface area contributed by atoms with Gasteiger partial charge in [0.1, 0.15) is 11.8 Å². The lowest BCUT2D eigenvalue weighted by molar-refractivity contribution is -0.122. The van der Waals surface area contributed by atoms with Crippen LogP contribution in [-0.2, 0) is 11.2 Å². The molecule has 0 bridgehead atoms. The second kappa shape index (κ2) is 8.34. The molecule has 4 heteroatoms. The fourth-order valence-corrected chi connectivity index (χ4v) is 2.33. The second-order valence-electron chi connectivity index (χ2n) is 5.63. The Morgan fingerprint density at radius 2 is 1.78 bits per heavy atom. The summed E-state index contributed by atoms with van der Waals surface area (Å²) in [5.74, 6) is 0.717. The van der Waals surface area contributed by atoms with Crippen LogP contribution in [0.5, 0.6) is 5.75 Å². The number of rotatable bonds is 7. The molecule has 0 radical (unpaired) electrons. The van der Waals surface area contributed by atoms with Crippen molar-refractivity contribution in [3.05, 3.63) is 65.2 Å². The van der Waals surface area contributed by atoms with E-state index in [9.17, 15) is 4.79 Å². The second-order valence-corrected chi connectivity index (χ2v) is 5.63. The van der Waals surface area contributed by atoms with E-state index in [0.717, 1.165) is 29.7 Å². The number of nitrogens with two attached hydrogens (primary N) is 1. The van der Waals surface area contributed by atoms with Gasteiger partial charge in [-0.3, -0.25) is 4.79 Å². The summed E-state index contributed by atoms with van der Waals surface area (Å²) in [4.78, 5) is 12.1. The van der Waals surface area contributed by atoms with Gasteiger partial charge >= 0.3 is 0 Å². The summed E-state index contributed by atoms with van der Waals surface area (Å²) in [6.45, 7) is 2.62. The van der Waals surface area contributed by atoms with E-state index in [4.69, 9.17) is 10.5 Å². The van der Waals surface area contributed by atoms with E-state index in [1.165, 1.54) is 5.56 Å². The molecule has 1 unspecified atom stereocenters. The molecule has 0 aromatic heterocycles. The summed E-state index contributed by atoms with van der Waals surface area (Å²) < 4.78 is 5.13. The highest BCUT2D eigenvalue weighted by Gasteiger charge is 2.14. The molecule has 1 amide bonds. The van der Waals surface area contributed by atoms with E-state index in [0.29, 0.717) is 6.54 Å². The highest BCUT2D eigenvalue weighted by molar-refractivity contribution is 5.82. The maximum atomic E-state index is 12.1. The smallest absolute Gasteiger partial charge is 0.241 e. The summed E-state index contributed by atoms with van der Waals surface area (Å²) in [5, 5.41) is 2.90. The zero-order valence-corrected chi connectivity index (χ0v) is 13.7. The molecule has 122 valence electrons. The van der Waals surface area contributed by atoms with Gasteiger partial charge in [-0.25, -0.2) is 0 Å². The number of hydrogen-bond acceptors (Lipinski definition) is 3. The van der Waals surface area contributed by atoms with Crippen molar-refractivity contribution in [3.8, 4) is 5.75 Å². The van der Waals surface area contributed by atoms with Crippen LogP contribution in [-0.4, -0.2) is 19.6 Å². The van der Waals surface area contributed by atoms with Crippen molar-refractivity contribution in [2.45, 2.75) is 25.8 Å². The van der Waals surface area contributed by atoms with Gasteiger partial charge in [-0.1, -0.05) is 42.0 Å². The topological polar surface area (TPSA) is 64.3 Å². The van der Waals surface area contributed by atoms with Crippen molar-refractivity contribution in [1.82, 2.24) is 5.32 Å². The van der Waals surface area contributed by atoms with Crippen LogP contribution in [0.1, 0.15) is 29.2 Å². The van der Waals surface area contributed by atoms with E-state index in [1.807, 2.05) is 55.5 Å². The first kappa shape index (κ1) is 17.0. The summed E-state index contributed by atoms with van der Waals surface area (Å²) in [7, 11) is 1.65. The lowest BCUT2D eigenvalue weighted by atomic mass is 10.1. The van der Waals surface area contributed by atoms with Gasteiger partial charge in [-0.15, -0.1) is 0 Å². The largest absolute Gasteiger partial charge is 0.497 e. The van der Waals surface area contributed by atoms with Gasteiger partial charge in [-0.05, 0) is 43.0 Å². The van der Waals surface area contributed by atoms with Crippen molar-refractivity contribution < 1.29 is 9.53 Å². The van der Waals surface area contributed by atoms with Crippen LogP contribution in [0.25, 0.3) is 0 Å². The Hall–Kier alpha value is -2.33. The molecule has 0 aliphatic rings. The lowest BCUT2D eigenvalue weighted by Gasteiger charge is -2.13. The van der Waals surface area contributed by atoms with Gasteiger partial charge in [-0.2, -0.15) is 0 Å². The molecule has 2 rings (SSSR count). The third-order valence-electron chi connectivity index (χ3n) is 3.82. The number of hydrogen-bond donors (Lipinski definition) is 2.